The van der Waals surface area contributed by atoms with Gasteiger partial charge in [-0.1, -0.05) is 40.5 Å². The van der Waals surface area contributed by atoms with Crippen molar-refractivity contribution in [2.75, 3.05) is 0 Å². The van der Waals surface area contributed by atoms with Crippen molar-refractivity contribution < 1.29 is 34.9 Å². The number of rotatable bonds is 10. The van der Waals surface area contributed by atoms with Crippen LogP contribution >= 0.6 is 0 Å². The summed E-state index contributed by atoms with van der Waals surface area (Å²) in [4.78, 5) is 47.3. The molecule has 0 aliphatic carbocycles. The first-order valence-electron chi connectivity index (χ1n) is 9.29. The van der Waals surface area contributed by atoms with Crippen molar-refractivity contribution in [2.24, 2.45) is 11.8 Å². The largest absolute Gasteiger partial charge is 0.480 e. The van der Waals surface area contributed by atoms with Crippen LogP contribution in [0.3, 0.4) is 0 Å². The van der Waals surface area contributed by atoms with E-state index >= 15 is 0 Å². The maximum absolute atomic E-state index is 12.3. The van der Waals surface area contributed by atoms with Gasteiger partial charge in [-0.2, -0.15) is 0 Å². The van der Waals surface area contributed by atoms with E-state index in [-0.39, 0.29) is 28.4 Å². The van der Waals surface area contributed by atoms with Crippen LogP contribution in [0.1, 0.15) is 61.3 Å². The van der Waals surface area contributed by atoms with Gasteiger partial charge in [-0.25, -0.2) is 9.59 Å². The van der Waals surface area contributed by atoms with Gasteiger partial charge in [0.15, 0.2) is 0 Å². The quantitative estimate of drug-likeness (QED) is 0.454. The zero-order chi connectivity index (χ0) is 21.4. The van der Waals surface area contributed by atoms with E-state index in [1.165, 1.54) is 24.3 Å². The topological polar surface area (TPSA) is 164 Å². The molecule has 0 unspecified atom stereocenters. The third kappa shape index (κ3) is 7.19. The van der Waals surface area contributed by atoms with E-state index in [4.69, 9.17) is 0 Å². The fraction of sp³-hybridized carbons (Fsp3) is 0.500. The summed E-state index contributed by atoms with van der Waals surface area (Å²) in [7, 11) is 0. The molecule has 4 atom stereocenters. The van der Waals surface area contributed by atoms with Crippen LogP contribution in [0, 0.1) is 11.8 Å². The summed E-state index contributed by atoms with van der Waals surface area (Å²) < 4.78 is 0. The molecule has 6 N–H and O–H groups in total. The van der Waals surface area contributed by atoms with E-state index in [1.807, 2.05) is 13.8 Å². The molecule has 9 heteroatoms. The van der Waals surface area contributed by atoms with E-state index in [9.17, 15) is 29.4 Å². The van der Waals surface area contributed by atoms with Gasteiger partial charge in [-0.05, 0) is 36.1 Å². The number of carboxylic acids is 2. The molecule has 0 spiro atoms. The molecule has 1 rings (SSSR count). The second kappa shape index (κ2) is 11.8. The van der Waals surface area contributed by atoms with Gasteiger partial charge in [-0.3, -0.25) is 9.59 Å². The minimum absolute atomic E-state index is 0. The Bertz CT molecular complexity index is 657. The Morgan fingerprint density at radius 1 is 0.759 bits per heavy atom. The standard InChI is InChI=1S/C20H28N2O6.H2O/c1-5-11(3)15(19(25)26)21-17(23)13-7-9-14(10-8-13)18(24)22-16(20(27)28)12(4)6-2;/h7-12,15-16H,5-6H2,1-4H3,(H,21,23)(H,22,24)(H,25,26)(H,27,28);1H2/t11-,12-,15-,16-;/m0./s1. The molecule has 2 amide bonds. The second-order valence-electron chi connectivity index (χ2n) is 6.93. The van der Waals surface area contributed by atoms with Crippen molar-refractivity contribution in [2.45, 2.75) is 52.6 Å². The molecule has 0 bridgehead atoms. The van der Waals surface area contributed by atoms with E-state index in [0.29, 0.717) is 12.8 Å². The van der Waals surface area contributed by atoms with Gasteiger partial charge in [0.25, 0.3) is 11.8 Å². The smallest absolute Gasteiger partial charge is 0.326 e. The number of hydrogen-bond acceptors (Lipinski definition) is 4. The normalized spacial score (nSPS) is 14.5. The fourth-order valence-electron chi connectivity index (χ4n) is 2.59. The molecule has 29 heavy (non-hydrogen) atoms. The number of aliphatic carboxylic acids is 2. The Hall–Kier alpha value is -2.94. The summed E-state index contributed by atoms with van der Waals surface area (Å²) in [6.07, 6.45) is 1.19. The van der Waals surface area contributed by atoms with E-state index < -0.39 is 35.8 Å². The molecule has 1 aromatic rings. The van der Waals surface area contributed by atoms with Gasteiger partial charge in [0.2, 0.25) is 0 Å². The van der Waals surface area contributed by atoms with Crippen molar-refractivity contribution in [3.63, 3.8) is 0 Å². The first-order chi connectivity index (χ1) is 13.1. The van der Waals surface area contributed by atoms with Gasteiger partial charge in [0.1, 0.15) is 12.1 Å². The minimum Gasteiger partial charge on any atom is -0.480 e. The average Bonchev–Trinajstić information content (AvgIpc) is 2.68. The lowest BCUT2D eigenvalue weighted by molar-refractivity contribution is -0.141. The van der Waals surface area contributed by atoms with Crippen LogP contribution in [-0.4, -0.2) is 51.5 Å². The maximum Gasteiger partial charge on any atom is 0.326 e. The summed E-state index contributed by atoms with van der Waals surface area (Å²) >= 11 is 0. The summed E-state index contributed by atoms with van der Waals surface area (Å²) in [5.74, 6) is -3.79. The van der Waals surface area contributed by atoms with Crippen LogP contribution < -0.4 is 10.6 Å². The lowest BCUT2D eigenvalue weighted by Gasteiger charge is -2.21. The molecule has 0 heterocycles. The molecule has 0 saturated heterocycles. The van der Waals surface area contributed by atoms with Gasteiger partial charge in [0.05, 0.1) is 0 Å². The number of benzene rings is 1. The lowest BCUT2D eigenvalue weighted by Crippen LogP contribution is -2.45. The van der Waals surface area contributed by atoms with Crippen LogP contribution in [0.15, 0.2) is 24.3 Å². The molecule has 0 radical (unpaired) electrons. The number of amides is 2. The molecule has 0 aromatic heterocycles. The maximum atomic E-state index is 12.3. The van der Waals surface area contributed by atoms with E-state index in [2.05, 4.69) is 10.6 Å². The Kier molecular flexibility index (Phi) is 10.6. The molecule has 0 aliphatic rings. The highest BCUT2D eigenvalue weighted by atomic mass is 16.4. The van der Waals surface area contributed by atoms with E-state index in [0.717, 1.165) is 0 Å². The lowest BCUT2D eigenvalue weighted by atomic mass is 9.98. The number of carbonyl (C=O) groups is 4. The molecule has 0 aliphatic heterocycles. The first-order valence-corrected chi connectivity index (χ1v) is 9.29. The van der Waals surface area contributed by atoms with Gasteiger partial charge >= 0.3 is 11.9 Å². The highest BCUT2D eigenvalue weighted by molar-refractivity contribution is 6.00. The van der Waals surface area contributed by atoms with Crippen molar-refractivity contribution in [3.8, 4) is 0 Å². The third-order valence-corrected chi connectivity index (χ3v) is 4.94. The Morgan fingerprint density at radius 3 is 1.24 bits per heavy atom. The molecular formula is C20H30N2O7. The van der Waals surface area contributed by atoms with Gasteiger partial charge in [-0.15, -0.1) is 0 Å². The van der Waals surface area contributed by atoms with E-state index in [1.54, 1.807) is 13.8 Å². The number of nitrogens with one attached hydrogen (secondary N) is 2. The summed E-state index contributed by atoms with van der Waals surface area (Å²) in [5.41, 5.74) is 0.422. The molecule has 162 valence electrons. The van der Waals surface area contributed by atoms with Gasteiger partial charge in [0, 0.05) is 11.1 Å². The summed E-state index contributed by atoms with van der Waals surface area (Å²) in [6.45, 7) is 7.15. The fourth-order valence-corrected chi connectivity index (χ4v) is 2.59. The summed E-state index contributed by atoms with van der Waals surface area (Å²) in [5, 5.41) is 23.5. The van der Waals surface area contributed by atoms with Crippen molar-refractivity contribution >= 4 is 23.8 Å². The molecule has 0 saturated carbocycles. The van der Waals surface area contributed by atoms with Crippen LogP contribution in [0.4, 0.5) is 0 Å². The predicted molar refractivity (Wildman–Crippen MR) is 107 cm³/mol. The highest BCUT2D eigenvalue weighted by Gasteiger charge is 2.27. The van der Waals surface area contributed by atoms with Crippen LogP contribution in [0.2, 0.25) is 0 Å². The minimum atomic E-state index is -1.11. The van der Waals surface area contributed by atoms with Crippen LogP contribution in [-0.2, 0) is 9.59 Å². The molecule has 9 nitrogen and oxygen atoms in total. The molecule has 1 aromatic carbocycles. The Balaban J connectivity index is 0.00000784. The van der Waals surface area contributed by atoms with Crippen LogP contribution in [0.25, 0.3) is 0 Å². The number of carbonyl (C=O) groups excluding carboxylic acids is 2. The Morgan fingerprint density at radius 2 is 1.03 bits per heavy atom. The molecule has 0 fully saturated rings. The third-order valence-electron chi connectivity index (χ3n) is 4.94. The van der Waals surface area contributed by atoms with Crippen LogP contribution in [0.5, 0.6) is 0 Å². The predicted octanol–water partition coefficient (Wildman–Crippen LogP) is 1.32. The SMILES string of the molecule is CC[C@H](C)[C@H](NC(=O)c1ccc(C(=O)N[C@H](C(=O)O)[C@@H](C)CC)cc1)C(=O)O.O. The van der Waals surface area contributed by atoms with Crippen molar-refractivity contribution in [1.82, 2.24) is 10.6 Å². The zero-order valence-electron chi connectivity index (χ0n) is 17.1. The van der Waals surface area contributed by atoms with Gasteiger partial charge < -0.3 is 26.3 Å². The van der Waals surface area contributed by atoms with Crippen molar-refractivity contribution in [3.05, 3.63) is 35.4 Å². The molecular weight excluding hydrogens is 380 g/mol. The monoisotopic (exact) mass is 410 g/mol. The Labute approximate surface area is 169 Å². The first kappa shape index (κ1) is 26.1. The summed E-state index contributed by atoms with van der Waals surface area (Å²) in [6, 6.07) is 3.59. The number of hydrogen-bond donors (Lipinski definition) is 4. The van der Waals surface area contributed by atoms with Crippen molar-refractivity contribution in [1.29, 1.82) is 0 Å². The average molecular weight is 410 g/mol. The number of carboxylic acid groups (broad SMARTS) is 2. The zero-order valence-corrected chi connectivity index (χ0v) is 17.1. The highest BCUT2D eigenvalue weighted by Crippen LogP contribution is 2.12. The second-order valence-corrected chi connectivity index (χ2v) is 6.93.